The molecule has 0 bridgehead atoms. The molecule has 40 heavy (non-hydrogen) atoms. The summed E-state index contributed by atoms with van der Waals surface area (Å²) in [5.41, 5.74) is 0. The molecular formula is C36H46F2S2. The van der Waals surface area contributed by atoms with Gasteiger partial charge in [0.2, 0.25) is 0 Å². The topological polar surface area (TPSA) is 0 Å². The van der Waals surface area contributed by atoms with Gasteiger partial charge in [-0.15, -0.1) is 22.7 Å². The van der Waals surface area contributed by atoms with Crippen LogP contribution in [0.2, 0.25) is 0 Å². The van der Waals surface area contributed by atoms with Crippen LogP contribution in [0.1, 0.15) is 103 Å². The van der Waals surface area contributed by atoms with Gasteiger partial charge in [-0.05, 0) is 57.0 Å². The average molecular weight is 581 g/mol. The Hall–Kier alpha value is -2.04. The highest BCUT2D eigenvalue weighted by Gasteiger charge is 2.21. The van der Waals surface area contributed by atoms with Crippen LogP contribution in [0.5, 0.6) is 0 Å². The van der Waals surface area contributed by atoms with Crippen molar-refractivity contribution in [2.45, 2.75) is 106 Å². The summed E-state index contributed by atoms with van der Waals surface area (Å²) in [4.78, 5) is 2.33. The van der Waals surface area contributed by atoms with Crippen LogP contribution in [-0.4, -0.2) is 0 Å². The molecule has 216 valence electrons. The molecule has 0 saturated carbocycles. The SMILES string of the molecule is CC.CCCCC(CC)Cc1sc(F)c2c1ccc1c3ccc4c(CC(CC)CCCC)sc(F)c4c3ccc12. The minimum Gasteiger partial charge on any atom is -0.194 e. The third kappa shape index (κ3) is 6.09. The van der Waals surface area contributed by atoms with Gasteiger partial charge in [-0.25, -0.2) is 0 Å². The maximum absolute atomic E-state index is 15.5. The van der Waals surface area contributed by atoms with E-state index >= 15 is 8.78 Å². The van der Waals surface area contributed by atoms with Gasteiger partial charge in [0.1, 0.15) is 0 Å². The molecule has 5 aromatic rings. The normalized spacial score (nSPS) is 13.3. The first-order chi connectivity index (χ1) is 19.5. The Morgan fingerprint density at radius 1 is 0.550 bits per heavy atom. The molecule has 5 rings (SSSR count). The van der Waals surface area contributed by atoms with Gasteiger partial charge in [0, 0.05) is 20.5 Å². The van der Waals surface area contributed by atoms with Crippen molar-refractivity contribution in [2.24, 2.45) is 11.8 Å². The van der Waals surface area contributed by atoms with E-state index in [0.717, 1.165) is 68.8 Å². The highest BCUT2D eigenvalue weighted by Crippen LogP contribution is 2.43. The quantitative estimate of drug-likeness (QED) is 0.129. The van der Waals surface area contributed by atoms with Gasteiger partial charge in [-0.1, -0.05) is 129 Å². The number of fused-ring (bicyclic) bond motifs is 7. The zero-order valence-corrected chi connectivity index (χ0v) is 26.9. The molecule has 2 unspecified atom stereocenters. The van der Waals surface area contributed by atoms with Gasteiger partial charge < -0.3 is 0 Å². The maximum Gasteiger partial charge on any atom is 0.185 e. The minimum atomic E-state index is -0.0898. The maximum atomic E-state index is 15.5. The molecule has 3 aromatic carbocycles. The van der Waals surface area contributed by atoms with Crippen LogP contribution in [0.4, 0.5) is 8.78 Å². The number of thiophene rings is 2. The first kappa shape index (κ1) is 30.9. The van der Waals surface area contributed by atoms with Crippen molar-refractivity contribution in [1.29, 1.82) is 0 Å². The van der Waals surface area contributed by atoms with Crippen LogP contribution in [0.15, 0.2) is 36.4 Å². The van der Waals surface area contributed by atoms with Crippen LogP contribution in [0.3, 0.4) is 0 Å². The second kappa shape index (κ2) is 14.2. The van der Waals surface area contributed by atoms with Crippen LogP contribution in [0.25, 0.3) is 43.1 Å². The Balaban J connectivity index is 0.00000181. The fourth-order valence-corrected chi connectivity index (χ4v) is 8.53. The van der Waals surface area contributed by atoms with Crippen LogP contribution in [0, 0.1) is 22.1 Å². The average Bonchev–Trinajstić information content (AvgIpc) is 3.49. The highest BCUT2D eigenvalue weighted by molar-refractivity contribution is 7.12. The van der Waals surface area contributed by atoms with Crippen molar-refractivity contribution in [3.05, 3.63) is 56.4 Å². The van der Waals surface area contributed by atoms with E-state index in [1.807, 2.05) is 26.0 Å². The molecule has 0 amide bonds. The number of rotatable bonds is 12. The monoisotopic (exact) mass is 580 g/mol. The predicted octanol–water partition coefficient (Wildman–Crippen LogP) is 13.2. The van der Waals surface area contributed by atoms with Crippen LogP contribution >= 0.6 is 22.7 Å². The summed E-state index contributed by atoms with van der Waals surface area (Å²) in [6.45, 7) is 13.0. The fraction of sp³-hybridized carbons (Fsp3) is 0.500. The summed E-state index contributed by atoms with van der Waals surface area (Å²) in [6, 6.07) is 12.5. The van der Waals surface area contributed by atoms with Gasteiger partial charge in [0.15, 0.2) is 10.3 Å². The van der Waals surface area contributed by atoms with E-state index in [1.54, 1.807) is 0 Å². The van der Waals surface area contributed by atoms with Gasteiger partial charge in [0.25, 0.3) is 0 Å². The first-order valence-electron chi connectivity index (χ1n) is 15.7. The van der Waals surface area contributed by atoms with E-state index in [9.17, 15) is 0 Å². The zero-order chi connectivity index (χ0) is 28.8. The highest BCUT2D eigenvalue weighted by atomic mass is 32.1. The van der Waals surface area contributed by atoms with Crippen molar-refractivity contribution in [3.63, 3.8) is 0 Å². The molecule has 0 fully saturated rings. The molecule has 0 nitrogen and oxygen atoms in total. The Morgan fingerprint density at radius 2 is 0.900 bits per heavy atom. The molecule has 0 spiro atoms. The summed E-state index contributed by atoms with van der Waals surface area (Å²) >= 11 is 2.64. The second-order valence-electron chi connectivity index (χ2n) is 11.1. The zero-order valence-electron chi connectivity index (χ0n) is 25.3. The van der Waals surface area contributed by atoms with E-state index in [0.29, 0.717) is 11.8 Å². The number of halogens is 2. The molecule has 2 atom stereocenters. The number of hydrogen-bond donors (Lipinski definition) is 0. The Morgan fingerprint density at radius 3 is 1.25 bits per heavy atom. The predicted molar refractivity (Wildman–Crippen MR) is 178 cm³/mol. The Bertz CT molecular complexity index is 1440. The third-order valence-electron chi connectivity index (χ3n) is 8.65. The van der Waals surface area contributed by atoms with Crippen molar-refractivity contribution in [3.8, 4) is 0 Å². The van der Waals surface area contributed by atoms with Crippen molar-refractivity contribution < 1.29 is 8.78 Å². The minimum absolute atomic E-state index is 0.0898. The Labute approximate surface area is 247 Å². The standard InChI is InChI=1S/C34H40F2S2.C2H6/c1-5-9-11-21(7-3)19-29-27-17-13-23-24-14-18-28-30(20-22(8-4)12-10-6-2)38-34(36)32(28)26(24)16-15-25(23)31(27)33(35)37-29;1-2/h13-18,21-22H,5-12,19-20H2,1-4H3;1-2H3. The van der Waals surface area contributed by atoms with Gasteiger partial charge in [0.05, 0.1) is 0 Å². The van der Waals surface area contributed by atoms with E-state index in [2.05, 4.69) is 52.0 Å². The molecule has 0 aliphatic rings. The number of hydrogen-bond acceptors (Lipinski definition) is 2. The summed E-state index contributed by atoms with van der Waals surface area (Å²) in [5.74, 6) is 1.20. The smallest absolute Gasteiger partial charge is 0.185 e. The molecule has 0 aliphatic carbocycles. The van der Waals surface area contributed by atoms with Gasteiger partial charge in [-0.2, -0.15) is 8.78 Å². The summed E-state index contributed by atoms with van der Waals surface area (Å²) < 4.78 is 30.9. The number of benzene rings is 3. The van der Waals surface area contributed by atoms with Crippen LogP contribution < -0.4 is 0 Å². The molecule has 0 N–H and O–H groups in total. The molecule has 0 saturated heterocycles. The van der Waals surface area contributed by atoms with E-state index < -0.39 is 0 Å². The lowest BCUT2D eigenvalue weighted by atomic mass is 9.91. The van der Waals surface area contributed by atoms with E-state index in [-0.39, 0.29) is 10.3 Å². The molecule has 0 aliphatic heterocycles. The van der Waals surface area contributed by atoms with Crippen molar-refractivity contribution in [2.75, 3.05) is 0 Å². The lowest BCUT2D eigenvalue weighted by molar-refractivity contribution is 0.453. The fourth-order valence-electron chi connectivity index (χ4n) is 6.25. The van der Waals surface area contributed by atoms with Gasteiger partial charge >= 0.3 is 0 Å². The van der Waals surface area contributed by atoms with Gasteiger partial charge in [-0.3, -0.25) is 0 Å². The summed E-state index contributed by atoms with van der Waals surface area (Å²) in [7, 11) is 0. The number of unbranched alkanes of at least 4 members (excludes halogenated alkanes) is 2. The molecule has 2 aromatic heterocycles. The van der Waals surface area contributed by atoms with Crippen LogP contribution in [-0.2, 0) is 12.8 Å². The lowest BCUT2D eigenvalue weighted by Crippen LogP contribution is -2.02. The molecule has 0 radical (unpaired) electrons. The van der Waals surface area contributed by atoms with Crippen molar-refractivity contribution >= 4 is 65.8 Å². The largest absolute Gasteiger partial charge is 0.194 e. The Kier molecular flexibility index (Phi) is 11.0. The molecule has 4 heteroatoms. The van der Waals surface area contributed by atoms with E-state index in [4.69, 9.17) is 0 Å². The summed E-state index contributed by atoms with van der Waals surface area (Å²) in [5, 5.41) is 7.32. The molecular weight excluding hydrogens is 535 g/mol. The third-order valence-corrected chi connectivity index (χ3v) is 10.7. The second-order valence-corrected chi connectivity index (χ2v) is 13.2. The first-order valence-corrected chi connectivity index (χ1v) is 17.3. The molecule has 2 heterocycles. The summed E-state index contributed by atoms with van der Waals surface area (Å²) in [6.07, 6.45) is 11.4. The lowest BCUT2D eigenvalue weighted by Gasteiger charge is -2.14. The van der Waals surface area contributed by atoms with Crippen molar-refractivity contribution in [1.82, 2.24) is 0 Å². The van der Waals surface area contributed by atoms with E-state index in [1.165, 1.54) is 71.0 Å².